The van der Waals surface area contributed by atoms with Gasteiger partial charge in [0, 0.05) is 46.4 Å². The van der Waals surface area contributed by atoms with E-state index >= 15 is 0 Å². The molecular weight excluding hydrogens is 582 g/mol. The highest BCUT2D eigenvalue weighted by atomic mass is 16.5. The summed E-state index contributed by atoms with van der Waals surface area (Å²) >= 11 is 0. The average Bonchev–Trinajstić information content (AvgIpc) is 3.64. The van der Waals surface area contributed by atoms with Crippen molar-refractivity contribution in [2.75, 3.05) is 28.2 Å². The van der Waals surface area contributed by atoms with E-state index in [4.69, 9.17) is 19.1 Å². The second kappa shape index (κ2) is 17.7. The van der Waals surface area contributed by atoms with Crippen LogP contribution in [0, 0.1) is 11.8 Å². The van der Waals surface area contributed by atoms with Gasteiger partial charge in [0.1, 0.15) is 12.5 Å². The van der Waals surface area contributed by atoms with Crippen LogP contribution in [-0.4, -0.2) is 82.0 Å². The zero-order valence-corrected chi connectivity index (χ0v) is 27.0. The summed E-state index contributed by atoms with van der Waals surface area (Å²) in [5.74, 6) is 0.0440. The molecule has 250 valence electrons. The number of aliphatic carboxylic acids is 1. The largest absolute Gasteiger partial charge is 0.481 e. The first-order valence-electron chi connectivity index (χ1n) is 16.0. The fraction of sp³-hybridized carbons (Fsp3) is 0.688. The van der Waals surface area contributed by atoms with E-state index in [1.807, 2.05) is 0 Å². The van der Waals surface area contributed by atoms with Crippen molar-refractivity contribution in [1.29, 1.82) is 0 Å². The minimum Gasteiger partial charge on any atom is -0.481 e. The molecule has 0 aliphatic heterocycles. The number of hydrogen-bond donors (Lipinski definition) is 3. The highest BCUT2D eigenvalue weighted by Crippen LogP contribution is 2.34. The lowest BCUT2D eigenvalue weighted by molar-refractivity contribution is -0.137. The molecule has 13 nitrogen and oxygen atoms in total. The minimum atomic E-state index is -0.868. The molecule has 2 saturated carbocycles. The van der Waals surface area contributed by atoms with Crippen molar-refractivity contribution >= 4 is 23.7 Å². The molecule has 3 N–H and O–H groups in total. The smallest absolute Gasteiger partial charge is 0.304 e. The molecule has 2 aromatic rings. The molecule has 13 heteroatoms. The number of nitrogens with one attached hydrogen (secondary N) is 1. The van der Waals surface area contributed by atoms with Crippen molar-refractivity contribution in [3.05, 3.63) is 35.7 Å². The maximum atomic E-state index is 11.9. The van der Waals surface area contributed by atoms with Crippen molar-refractivity contribution in [2.24, 2.45) is 11.8 Å². The van der Waals surface area contributed by atoms with Crippen LogP contribution in [0.15, 0.2) is 21.4 Å². The van der Waals surface area contributed by atoms with Crippen molar-refractivity contribution in [2.45, 2.75) is 102 Å². The van der Waals surface area contributed by atoms with E-state index in [1.165, 1.54) is 60.9 Å². The minimum absolute atomic E-state index is 0.0131. The number of carboxylic acid groups (broad SMARTS) is 1. The molecular formula is C32H49N5O8. The summed E-state index contributed by atoms with van der Waals surface area (Å²) in [7, 11) is 6.58. The van der Waals surface area contributed by atoms with Gasteiger partial charge in [0.05, 0.1) is 6.42 Å². The maximum absolute atomic E-state index is 11.9. The average molecular weight is 632 g/mol. The Morgan fingerprint density at radius 1 is 0.800 bits per heavy atom. The van der Waals surface area contributed by atoms with E-state index in [0.717, 1.165) is 50.4 Å². The summed E-state index contributed by atoms with van der Waals surface area (Å²) in [5.41, 5.74) is 2.12. The normalized spacial score (nSPS) is 15.9. The van der Waals surface area contributed by atoms with Gasteiger partial charge >= 0.3 is 5.97 Å². The van der Waals surface area contributed by atoms with Gasteiger partial charge in [-0.25, -0.2) is 15.4 Å². The van der Waals surface area contributed by atoms with Crippen LogP contribution in [0.3, 0.4) is 0 Å². The highest BCUT2D eigenvalue weighted by molar-refractivity contribution is 5.92. The van der Waals surface area contributed by atoms with Gasteiger partial charge in [0.2, 0.25) is 5.91 Å². The second-order valence-corrected chi connectivity index (χ2v) is 12.7. The molecule has 0 radical (unpaired) electrons. The van der Waals surface area contributed by atoms with Crippen molar-refractivity contribution in [3.8, 4) is 0 Å². The maximum Gasteiger partial charge on any atom is 0.304 e. The van der Waals surface area contributed by atoms with Crippen LogP contribution in [0.5, 0.6) is 0 Å². The molecule has 0 aromatic carbocycles. The number of rotatable bonds is 16. The Kier molecular flexibility index (Phi) is 14.0. The Morgan fingerprint density at radius 3 is 1.56 bits per heavy atom. The molecule has 2 aliphatic rings. The van der Waals surface area contributed by atoms with Gasteiger partial charge in [-0.2, -0.15) is 0 Å². The lowest BCUT2D eigenvalue weighted by atomic mass is 9.81. The first kappa shape index (κ1) is 35.7. The molecule has 45 heavy (non-hydrogen) atoms. The number of hydroxylamine groups is 1. The third-order valence-corrected chi connectivity index (χ3v) is 8.75. The van der Waals surface area contributed by atoms with Gasteiger partial charge in [-0.3, -0.25) is 24.4 Å². The Hall–Kier alpha value is -3.74. The van der Waals surface area contributed by atoms with E-state index in [9.17, 15) is 19.2 Å². The molecule has 2 fully saturated rings. The monoisotopic (exact) mass is 631 g/mol. The zero-order valence-electron chi connectivity index (χ0n) is 27.0. The van der Waals surface area contributed by atoms with Gasteiger partial charge in [-0.05, 0) is 24.7 Å². The number of hydrogen-bond acceptors (Lipinski definition) is 9. The summed E-state index contributed by atoms with van der Waals surface area (Å²) in [6.45, 7) is 0. The summed E-state index contributed by atoms with van der Waals surface area (Å²) < 4.78 is 10.8. The Morgan fingerprint density at radius 2 is 1.22 bits per heavy atom. The van der Waals surface area contributed by atoms with Crippen molar-refractivity contribution in [1.82, 2.24) is 25.2 Å². The van der Waals surface area contributed by atoms with Crippen LogP contribution in [0.25, 0.3) is 0 Å². The van der Waals surface area contributed by atoms with Crippen LogP contribution in [0.4, 0.5) is 0 Å². The van der Waals surface area contributed by atoms with E-state index in [2.05, 4.69) is 9.97 Å². The molecule has 0 spiro atoms. The van der Waals surface area contributed by atoms with Crippen molar-refractivity contribution < 1.29 is 38.3 Å². The fourth-order valence-electron chi connectivity index (χ4n) is 5.58. The number of amides is 3. The Bertz CT molecular complexity index is 1250. The van der Waals surface area contributed by atoms with Gasteiger partial charge < -0.3 is 23.7 Å². The number of oxazole rings is 2. The lowest BCUT2D eigenvalue weighted by Crippen LogP contribution is -2.23. The third-order valence-electron chi connectivity index (χ3n) is 8.75. The van der Waals surface area contributed by atoms with Crippen LogP contribution in [0.2, 0.25) is 0 Å². The molecule has 0 bridgehead atoms. The summed E-state index contributed by atoms with van der Waals surface area (Å²) in [6, 6.07) is 0. The van der Waals surface area contributed by atoms with E-state index in [1.54, 1.807) is 33.7 Å². The Balaban J connectivity index is 0.000000246. The van der Waals surface area contributed by atoms with Gasteiger partial charge in [-0.1, -0.05) is 64.2 Å². The molecule has 2 aliphatic carbocycles. The molecule has 2 atom stereocenters. The first-order valence-corrected chi connectivity index (χ1v) is 16.0. The molecule has 4 rings (SSSR count). The number of carbonyl (C=O) groups is 4. The fourth-order valence-corrected chi connectivity index (χ4v) is 5.58. The first-order chi connectivity index (χ1) is 21.5. The Labute approximate surface area is 264 Å². The van der Waals surface area contributed by atoms with Gasteiger partial charge in [0.15, 0.2) is 23.2 Å². The van der Waals surface area contributed by atoms with E-state index < -0.39 is 11.9 Å². The van der Waals surface area contributed by atoms with E-state index in [-0.39, 0.29) is 47.9 Å². The molecule has 0 unspecified atom stereocenters. The number of aromatic nitrogens is 2. The number of carboxylic acids is 1. The van der Waals surface area contributed by atoms with Crippen LogP contribution in [0.1, 0.15) is 134 Å². The number of nitrogens with zero attached hydrogens (tertiary/aromatic N) is 4. The third kappa shape index (κ3) is 11.3. The predicted octanol–water partition coefficient (Wildman–Crippen LogP) is 5.23. The van der Waals surface area contributed by atoms with Crippen LogP contribution < -0.4 is 5.48 Å². The lowest BCUT2D eigenvalue weighted by Gasteiger charge is -2.25. The molecule has 0 saturated heterocycles. The topological polar surface area (TPSA) is 179 Å². The van der Waals surface area contributed by atoms with Crippen LogP contribution in [-0.2, 0) is 9.59 Å². The molecule has 3 amide bonds. The SMILES string of the molecule is CN(C)C(=O)c1coc([C@H](CCCC2CCC2)CC(=O)NO)n1.CN(C)C(=O)c1coc([C@H](CCCC2CCC2)CC(=O)O)n1. The second-order valence-electron chi connectivity index (χ2n) is 12.7. The summed E-state index contributed by atoms with van der Waals surface area (Å²) in [5, 5.41) is 17.8. The van der Waals surface area contributed by atoms with E-state index in [0.29, 0.717) is 11.8 Å². The number of carbonyl (C=O) groups excluding carboxylic acids is 3. The zero-order chi connectivity index (χ0) is 32.9. The molecule has 2 heterocycles. The summed E-state index contributed by atoms with van der Waals surface area (Å²) in [6.07, 6.45) is 16.3. The highest BCUT2D eigenvalue weighted by Gasteiger charge is 2.26. The standard InChI is InChI=1S/C16H25N3O4.C16H24N2O4/c1-19(2)16(21)13-10-23-15(17-13)12(9-14(20)18-22)8-4-7-11-5-3-6-11;1-18(2)16(21)13-10-22-15(17-13)12(9-14(19)20)8-4-7-11-5-3-6-11/h10-12,22H,3-9H2,1-2H3,(H,18,20);10-12H,3-9H2,1-2H3,(H,19,20)/t2*12-/m11/s1. The van der Waals surface area contributed by atoms with Gasteiger partial charge in [0.25, 0.3) is 11.8 Å². The molecule has 2 aromatic heterocycles. The van der Waals surface area contributed by atoms with Crippen molar-refractivity contribution in [3.63, 3.8) is 0 Å². The van der Waals surface area contributed by atoms with Gasteiger partial charge in [-0.15, -0.1) is 0 Å². The van der Waals surface area contributed by atoms with Crippen LogP contribution >= 0.6 is 0 Å². The summed E-state index contributed by atoms with van der Waals surface area (Å²) in [4.78, 5) is 57.6. The quantitative estimate of drug-likeness (QED) is 0.164. The predicted molar refractivity (Wildman–Crippen MR) is 164 cm³/mol.